The molecule has 0 aromatic heterocycles. The Balaban J connectivity index is 2.49. The zero-order valence-electron chi connectivity index (χ0n) is 10.4. The molecule has 0 aliphatic rings. The third-order valence-electron chi connectivity index (χ3n) is 2.40. The lowest BCUT2D eigenvalue weighted by atomic mass is 10.2. The molecule has 17 heavy (non-hydrogen) atoms. The van der Waals surface area contributed by atoms with E-state index in [1.807, 2.05) is 13.8 Å². The standard InChI is InChI=1S/C13H18O3S/c1-9-4-5-10(2)12(6-9)17-8-11(14)7-13(15)16-3/h4-6,11,14H,7-8H2,1-3H3/t11-/m1/s1. The van der Waals surface area contributed by atoms with E-state index in [2.05, 4.69) is 22.9 Å². The van der Waals surface area contributed by atoms with Crippen LogP contribution in [0.15, 0.2) is 23.1 Å². The number of carbonyl (C=O) groups excluding carboxylic acids is 1. The number of aliphatic hydroxyl groups is 1. The van der Waals surface area contributed by atoms with Crippen LogP contribution in [0.2, 0.25) is 0 Å². The van der Waals surface area contributed by atoms with Gasteiger partial charge >= 0.3 is 5.97 Å². The van der Waals surface area contributed by atoms with Gasteiger partial charge in [-0.2, -0.15) is 0 Å². The van der Waals surface area contributed by atoms with Gasteiger partial charge in [-0.05, 0) is 25.5 Å². The number of hydrogen-bond acceptors (Lipinski definition) is 4. The highest BCUT2D eigenvalue weighted by atomic mass is 32.2. The van der Waals surface area contributed by atoms with Gasteiger partial charge in [0.15, 0.2) is 0 Å². The average Bonchev–Trinajstić information content (AvgIpc) is 2.30. The molecule has 94 valence electrons. The van der Waals surface area contributed by atoms with Crippen molar-refractivity contribution in [3.63, 3.8) is 0 Å². The van der Waals surface area contributed by atoms with Gasteiger partial charge in [-0.1, -0.05) is 17.7 Å². The van der Waals surface area contributed by atoms with Crippen molar-refractivity contribution >= 4 is 17.7 Å². The van der Waals surface area contributed by atoms with Gasteiger partial charge in [0, 0.05) is 10.6 Å². The molecule has 3 nitrogen and oxygen atoms in total. The Morgan fingerprint density at radius 2 is 2.18 bits per heavy atom. The third-order valence-corrected chi connectivity index (χ3v) is 3.71. The normalized spacial score (nSPS) is 12.2. The first-order valence-corrected chi connectivity index (χ1v) is 6.46. The Morgan fingerprint density at radius 3 is 2.82 bits per heavy atom. The van der Waals surface area contributed by atoms with Crippen LogP contribution in [0.5, 0.6) is 0 Å². The molecule has 0 aliphatic heterocycles. The molecule has 0 heterocycles. The molecular weight excluding hydrogens is 236 g/mol. The largest absolute Gasteiger partial charge is 0.469 e. The molecule has 0 unspecified atom stereocenters. The lowest BCUT2D eigenvalue weighted by Gasteiger charge is -2.10. The van der Waals surface area contributed by atoms with Gasteiger partial charge < -0.3 is 9.84 Å². The summed E-state index contributed by atoms with van der Waals surface area (Å²) in [5.74, 6) is 0.124. The summed E-state index contributed by atoms with van der Waals surface area (Å²) in [6, 6.07) is 6.21. The number of rotatable bonds is 5. The van der Waals surface area contributed by atoms with E-state index in [0.717, 1.165) is 4.90 Å². The first-order chi connectivity index (χ1) is 8.02. The molecule has 0 radical (unpaired) electrons. The second kappa shape index (κ2) is 6.67. The molecule has 1 rings (SSSR count). The fourth-order valence-electron chi connectivity index (χ4n) is 1.38. The van der Waals surface area contributed by atoms with E-state index >= 15 is 0 Å². The van der Waals surface area contributed by atoms with E-state index in [1.54, 1.807) is 11.8 Å². The predicted octanol–water partition coefficient (Wildman–Crippen LogP) is 2.32. The van der Waals surface area contributed by atoms with Crippen LogP contribution in [0.25, 0.3) is 0 Å². The van der Waals surface area contributed by atoms with Crippen LogP contribution in [-0.4, -0.2) is 30.0 Å². The summed E-state index contributed by atoms with van der Waals surface area (Å²) in [6.07, 6.45) is -0.610. The smallest absolute Gasteiger partial charge is 0.308 e. The summed E-state index contributed by atoms with van der Waals surface area (Å²) in [5.41, 5.74) is 2.38. The first kappa shape index (κ1) is 14.1. The van der Waals surface area contributed by atoms with Crippen molar-refractivity contribution < 1.29 is 14.6 Å². The molecule has 1 aromatic rings. The minimum atomic E-state index is -0.660. The lowest BCUT2D eigenvalue weighted by Crippen LogP contribution is -2.16. The fourth-order valence-corrected chi connectivity index (χ4v) is 2.44. The maximum Gasteiger partial charge on any atom is 0.308 e. The molecule has 0 fully saturated rings. The van der Waals surface area contributed by atoms with Crippen molar-refractivity contribution in [1.29, 1.82) is 0 Å². The number of aliphatic hydroxyl groups excluding tert-OH is 1. The Labute approximate surface area is 106 Å². The number of methoxy groups -OCH3 is 1. The number of hydrogen-bond donors (Lipinski definition) is 1. The van der Waals surface area contributed by atoms with Crippen molar-refractivity contribution in [2.75, 3.05) is 12.9 Å². The molecule has 0 aliphatic carbocycles. The quantitative estimate of drug-likeness (QED) is 0.647. The number of aryl methyl sites for hydroxylation is 2. The van der Waals surface area contributed by atoms with Gasteiger partial charge in [-0.25, -0.2) is 0 Å². The summed E-state index contributed by atoms with van der Waals surface area (Å²) in [7, 11) is 1.33. The minimum absolute atomic E-state index is 0.0500. The van der Waals surface area contributed by atoms with E-state index in [1.165, 1.54) is 18.2 Å². The maximum atomic E-state index is 11.0. The van der Waals surface area contributed by atoms with Crippen LogP contribution in [0.1, 0.15) is 17.5 Å². The summed E-state index contributed by atoms with van der Waals surface area (Å²) in [6.45, 7) is 4.07. The molecule has 0 spiro atoms. The van der Waals surface area contributed by atoms with E-state index in [4.69, 9.17) is 0 Å². The number of thioether (sulfide) groups is 1. The first-order valence-electron chi connectivity index (χ1n) is 5.48. The van der Waals surface area contributed by atoms with Gasteiger partial charge in [0.1, 0.15) is 0 Å². The Hall–Kier alpha value is -1.00. The van der Waals surface area contributed by atoms with Crippen molar-refractivity contribution in [2.45, 2.75) is 31.3 Å². The monoisotopic (exact) mass is 254 g/mol. The molecule has 4 heteroatoms. The van der Waals surface area contributed by atoms with E-state index in [-0.39, 0.29) is 12.4 Å². The predicted molar refractivity (Wildman–Crippen MR) is 69.3 cm³/mol. The van der Waals surface area contributed by atoms with Crippen LogP contribution in [0.3, 0.4) is 0 Å². The van der Waals surface area contributed by atoms with E-state index in [9.17, 15) is 9.90 Å². The summed E-state index contributed by atoms with van der Waals surface area (Å²) < 4.78 is 4.51. The lowest BCUT2D eigenvalue weighted by molar-refractivity contribution is -0.142. The Morgan fingerprint density at radius 1 is 1.47 bits per heavy atom. The molecule has 1 aromatic carbocycles. The fraction of sp³-hybridized carbons (Fsp3) is 0.462. The zero-order valence-corrected chi connectivity index (χ0v) is 11.2. The summed E-state index contributed by atoms with van der Waals surface area (Å²) in [5, 5.41) is 9.65. The molecular formula is C13H18O3S. The Bertz CT molecular complexity index is 390. The van der Waals surface area contributed by atoms with Gasteiger partial charge in [-0.15, -0.1) is 11.8 Å². The maximum absolute atomic E-state index is 11.0. The van der Waals surface area contributed by atoms with Crippen LogP contribution < -0.4 is 0 Å². The zero-order chi connectivity index (χ0) is 12.8. The van der Waals surface area contributed by atoms with Gasteiger partial charge in [-0.3, -0.25) is 4.79 Å². The number of esters is 1. The van der Waals surface area contributed by atoms with Crippen LogP contribution >= 0.6 is 11.8 Å². The van der Waals surface area contributed by atoms with Crippen molar-refractivity contribution in [1.82, 2.24) is 0 Å². The summed E-state index contributed by atoms with van der Waals surface area (Å²) >= 11 is 1.56. The number of ether oxygens (including phenoxy) is 1. The van der Waals surface area contributed by atoms with Gasteiger partial charge in [0.2, 0.25) is 0 Å². The Kier molecular flexibility index (Phi) is 5.51. The SMILES string of the molecule is COC(=O)C[C@@H](O)CSc1cc(C)ccc1C. The number of carbonyl (C=O) groups is 1. The molecule has 0 saturated carbocycles. The third kappa shape index (κ3) is 4.79. The van der Waals surface area contributed by atoms with Crippen LogP contribution in [0, 0.1) is 13.8 Å². The van der Waals surface area contributed by atoms with E-state index in [0.29, 0.717) is 5.75 Å². The highest BCUT2D eigenvalue weighted by molar-refractivity contribution is 7.99. The molecule has 0 bridgehead atoms. The topological polar surface area (TPSA) is 46.5 Å². The second-order valence-electron chi connectivity index (χ2n) is 4.01. The van der Waals surface area contributed by atoms with Gasteiger partial charge in [0.05, 0.1) is 19.6 Å². The van der Waals surface area contributed by atoms with Crippen molar-refractivity contribution in [2.24, 2.45) is 0 Å². The van der Waals surface area contributed by atoms with Crippen LogP contribution in [-0.2, 0) is 9.53 Å². The highest BCUT2D eigenvalue weighted by Crippen LogP contribution is 2.24. The molecule has 0 amide bonds. The van der Waals surface area contributed by atoms with Crippen molar-refractivity contribution in [3.05, 3.63) is 29.3 Å². The van der Waals surface area contributed by atoms with Gasteiger partial charge in [0.25, 0.3) is 0 Å². The summed E-state index contributed by atoms with van der Waals surface area (Å²) in [4.78, 5) is 12.1. The molecule has 1 atom stereocenters. The van der Waals surface area contributed by atoms with Crippen LogP contribution in [0.4, 0.5) is 0 Å². The van der Waals surface area contributed by atoms with E-state index < -0.39 is 6.10 Å². The highest BCUT2D eigenvalue weighted by Gasteiger charge is 2.12. The molecule has 1 N–H and O–H groups in total. The molecule has 0 saturated heterocycles. The average molecular weight is 254 g/mol. The minimum Gasteiger partial charge on any atom is -0.469 e. The number of benzene rings is 1. The second-order valence-corrected chi connectivity index (χ2v) is 5.08. The van der Waals surface area contributed by atoms with Crippen molar-refractivity contribution in [3.8, 4) is 0 Å².